The average molecular weight is 345 g/mol. The fraction of sp³-hybridized carbons (Fsp3) is 0.882. The van der Waals surface area contributed by atoms with Crippen LogP contribution in [0.25, 0.3) is 0 Å². The van der Waals surface area contributed by atoms with Crippen LogP contribution in [-0.4, -0.2) is 36.6 Å². The van der Waals surface area contributed by atoms with E-state index in [0.717, 1.165) is 25.7 Å². The van der Waals surface area contributed by atoms with Gasteiger partial charge in [-0.3, -0.25) is 9.59 Å². The second kappa shape index (κ2) is 7.79. The minimum atomic E-state index is -1.76. The molecule has 1 saturated carbocycles. The van der Waals surface area contributed by atoms with Gasteiger partial charge in [0.2, 0.25) is 0 Å². The Kier molecular flexibility index (Phi) is 6.83. The molecule has 0 spiro atoms. The maximum Gasteiger partial charge on any atom is 0.307 e. The van der Waals surface area contributed by atoms with Gasteiger partial charge in [0.1, 0.15) is 0 Å². The van der Waals surface area contributed by atoms with E-state index >= 15 is 0 Å². The highest BCUT2D eigenvalue weighted by Gasteiger charge is 2.40. The first-order chi connectivity index (χ1) is 10.4. The second-order valence-electron chi connectivity index (χ2n) is 8.39. The first kappa shape index (κ1) is 20.2. The zero-order valence-corrected chi connectivity index (χ0v) is 16.1. The van der Waals surface area contributed by atoms with Crippen molar-refractivity contribution in [2.45, 2.75) is 83.5 Å². The smallest absolute Gasteiger partial charge is 0.307 e. The lowest BCUT2D eigenvalue weighted by molar-refractivity contribution is -0.149. The molecule has 0 bridgehead atoms. The standard InChI is InChI=1S/C17H32O5Si/c1-17(2,3)23(4,5)22-14-8-6-12(7-9-14)10-13(16(20)21)11-15(18)19/h12-14H,6-11H2,1-5H3,(H,18,19)(H,20,21). The van der Waals surface area contributed by atoms with Crippen molar-refractivity contribution in [1.29, 1.82) is 0 Å². The van der Waals surface area contributed by atoms with Crippen LogP contribution in [0.1, 0.15) is 59.3 Å². The molecule has 0 radical (unpaired) electrons. The Morgan fingerprint density at radius 1 is 1.13 bits per heavy atom. The Morgan fingerprint density at radius 2 is 1.65 bits per heavy atom. The third kappa shape index (κ3) is 6.26. The lowest BCUT2D eigenvalue weighted by Crippen LogP contribution is -2.44. The van der Waals surface area contributed by atoms with Gasteiger partial charge in [0.05, 0.1) is 12.3 Å². The summed E-state index contributed by atoms with van der Waals surface area (Å²) in [6, 6.07) is 0. The minimum absolute atomic E-state index is 0.194. The van der Waals surface area contributed by atoms with E-state index in [9.17, 15) is 9.59 Å². The quantitative estimate of drug-likeness (QED) is 0.678. The summed E-state index contributed by atoms with van der Waals surface area (Å²) in [5, 5.41) is 18.2. The van der Waals surface area contributed by atoms with Gasteiger partial charge in [0.25, 0.3) is 0 Å². The highest BCUT2D eigenvalue weighted by molar-refractivity contribution is 6.74. The number of carboxylic acid groups (broad SMARTS) is 2. The summed E-state index contributed by atoms with van der Waals surface area (Å²) < 4.78 is 6.44. The van der Waals surface area contributed by atoms with Gasteiger partial charge in [-0.25, -0.2) is 0 Å². The van der Waals surface area contributed by atoms with Crippen molar-refractivity contribution in [3.63, 3.8) is 0 Å². The van der Waals surface area contributed by atoms with E-state index in [1.54, 1.807) is 0 Å². The van der Waals surface area contributed by atoms with Crippen LogP contribution in [-0.2, 0) is 14.0 Å². The average Bonchev–Trinajstić information content (AvgIpc) is 2.37. The van der Waals surface area contributed by atoms with Crippen molar-refractivity contribution in [3.05, 3.63) is 0 Å². The van der Waals surface area contributed by atoms with Crippen LogP contribution >= 0.6 is 0 Å². The van der Waals surface area contributed by atoms with Crippen LogP contribution in [0.15, 0.2) is 0 Å². The van der Waals surface area contributed by atoms with Crippen LogP contribution in [0, 0.1) is 11.8 Å². The van der Waals surface area contributed by atoms with E-state index in [4.69, 9.17) is 14.6 Å². The second-order valence-corrected chi connectivity index (χ2v) is 13.1. The zero-order valence-electron chi connectivity index (χ0n) is 15.1. The molecule has 1 aliphatic carbocycles. The number of hydrogen-bond acceptors (Lipinski definition) is 3. The van der Waals surface area contributed by atoms with Gasteiger partial charge in [-0.05, 0) is 56.2 Å². The van der Waals surface area contributed by atoms with Crippen molar-refractivity contribution in [3.8, 4) is 0 Å². The summed E-state index contributed by atoms with van der Waals surface area (Å²) in [5.41, 5.74) is 0. The molecule has 1 atom stereocenters. The molecule has 0 heterocycles. The van der Waals surface area contributed by atoms with Crippen molar-refractivity contribution in [2.24, 2.45) is 11.8 Å². The Bertz CT molecular complexity index is 419. The maximum absolute atomic E-state index is 11.2. The highest BCUT2D eigenvalue weighted by Crippen LogP contribution is 2.40. The summed E-state index contributed by atoms with van der Waals surface area (Å²) >= 11 is 0. The summed E-state index contributed by atoms with van der Waals surface area (Å²) in [6.45, 7) is 11.2. The van der Waals surface area contributed by atoms with Gasteiger partial charge in [-0.2, -0.15) is 0 Å². The minimum Gasteiger partial charge on any atom is -0.481 e. The number of hydrogen-bond donors (Lipinski definition) is 2. The third-order valence-corrected chi connectivity index (χ3v) is 9.98. The first-order valence-electron chi connectivity index (χ1n) is 8.55. The summed E-state index contributed by atoms with van der Waals surface area (Å²) in [6.07, 6.45) is 4.23. The van der Waals surface area contributed by atoms with Crippen LogP contribution in [0.3, 0.4) is 0 Å². The molecule has 2 N–H and O–H groups in total. The fourth-order valence-corrected chi connectivity index (χ4v) is 4.39. The molecule has 0 aromatic heterocycles. The molecule has 0 aliphatic heterocycles. The number of aliphatic carboxylic acids is 2. The van der Waals surface area contributed by atoms with E-state index in [-0.39, 0.29) is 17.6 Å². The molecule has 5 nitrogen and oxygen atoms in total. The normalized spacial score (nSPS) is 24.2. The SMILES string of the molecule is CC(C)(C)[Si](C)(C)OC1CCC(CC(CC(=O)O)C(=O)O)CC1. The van der Waals surface area contributed by atoms with Crippen molar-refractivity contribution >= 4 is 20.3 Å². The first-order valence-corrected chi connectivity index (χ1v) is 11.5. The van der Waals surface area contributed by atoms with Gasteiger partial charge in [-0.15, -0.1) is 0 Å². The van der Waals surface area contributed by atoms with Gasteiger partial charge in [0, 0.05) is 6.10 Å². The Labute approximate surface area is 140 Å². The molecule has 23 heavy (non-hydrogen) atoms. The number of rotatable bonds is 7. The van der Waals surface area contributed by atoms with Crippen LogP contribution < -0.4 is 0 Å². The Balaban J connectivity index is 2.49. The monoisotopic (exact) mass is 344 g/mol. The van der Waals surface area contributed by atoms with Crippen LogP contribution in [0.2, 0.25) is 18.1 Å². The molecule has 1 fully saturated rings. The molecule has 0 amide bonds. The summed E-state index contributed by atoms with van der Waals surface area (Å²) in [7, 11) is -1.76. The van der Waals surface area contributed by atoms with Crippen molar-refractivity contribution < 1.29 is 24.2 Å². The lowest BCUT2D eigenvalue weighted by Gasteiger charge is -2.41. The van der Waals surface area contributed by atoms with Crippen LogP contribution in [0.4, 0.5) is 0 Å². The Morgan fingerprint density at radius 3 is 2.04 bits per heavy atom. The van der Waals surface area contributed by atoms with E-state index in [1.165, 1.54) is 0 Å². The van der Waals surface area contributed by atoms with E-state index < -0.39 is 26.2 Å². The Hall–Kier alpha value is -0.883. The largest absolute Gasteiger partial charge is 0.481 e. The van der Waals surface area contributed by atoms with Gasteiger partial charge in [-0.1, -0.05) is 20.8 Å². The van der Waals surface area contributed by atoms with Crippen molar-refractivity contribution in [2.75, 3.05) is 0 Å². The lowest BCUT2D eigenvalue weighted by atomic mass is 9.81. The molecule has 0 aromatic carbocycles. The third-order valence-electron chi connectivity index (χ3n) is 5.45. The van der Waals surface area contributed by atoms with E-state index in [2.05, 4.69) is 33.9 Å². The highest BCUT2D eigenvalue weighted by atomic mass is 28.4. The molecule has 1 rings (SSSR count). The van der Waals surface area contributed by atoms with E-state index in [0.29, 0.717) is 12.3 Å². The van der Waals surface area contributed by atoms with Crippen LogP contribution in [0.5, 0.6) is 0 Å². The predicted octanol–water partition coefficient (Wildman–Crippen LogP) is 4.13. The molecule has 134 valence electrons. The van der Waals surface area contributed by atoms with Crippen molar-refractivity contribution in [1.82, 2.24) is 0 Å². The van der Waals surface area contributed by atoms with E-state index in [1.807, 2.05) is 0 Å². The van der Waals surface area contributed by atoms with Gasteiger partial charge < -0.3 is 14.6 Å². The zero-order chi connectivity index (χ0) is 17.8. The number of carboxylic acids is 2. The summed E-state index contributed by atoms with van der Waals surface area (Å²) in [4.78, 5) is 22.0. The van der Waals surface area contributed by atoms with Gasteiger partial charge >= 0.3 is 11.9 Å². The molecule has 0 saturated heterocycles. The molecular formula is C17H32O5Si. The number of carbonyl (C=O) groups is 2. The molecule has 6 heteroatoms. The topological polar surface area (TPSA) is 83.8 Å². The summed E-state index contributed by atoms with van der Waals surface area (Å²) in [5.74, 6) is -2.50. The maximum atomic E-state index is 11.2. The molecule has 0 aromatic rings. The fourth-order valence-electron chi connectivity index (χ4n) is 2.96. The molecular weight excluding hydrogens is 312 g/mol. The van der Waals surface area contributed by atoms with Gasteiger partial charge in [0.15, 0.2) is 8.32 Å². The molecule has 1 aliphatic rings. The molecule has 1 unspecified atom stereocenters. The predicted molar refractivity (Wildman–Crippen MR) is 92.0 cm³/mol.